The van der Waals surface area contributed by atoms with Gasteiger partial charge in [-0.2, -0.15) is 0 Å². The van der Waals surface area contributed by atoms with Gasteiger partial charge in [0.1, 0.15) is 0 Å². The molecule has 2 heterocycles. The van der Waals surface area contributed by atoms with Crippen LogP contribution >= 0.6 is 0 Å². The highest BCUT2D eigenvalue weighted by molar-refractivity contribution is 7.89. The molecule has 3 aromatic rings. The van der Waals surface area contributed by atoms with Gasteiger partial charge in [-0.3, -0.25) is 4.31 Å². The second kappa shape index (κ2) is 8.41. The van der Waals surface area contributed by atoms with E-state index < -0.39 is 16.1 Å². The molecule has 3 atom stereocenters. The van der Waals surface area contributed by atoms with E-state index in [0.29, 0.717) is 6.61 Å². The van der Waals surface area contributed by atoms with Crippen molar-refractivity contribution >= 4 is 10.0 Å². The molecule has 5 heteroatoms. The predicted octanol–water partition coefficient (Wildman–Crippen LogP) is 5.57. The van der Waals surface area contributed by atoms with Crippen molar-refractivity contribution in [1.29, 1.82) is 0 Å². The highest BCUT2D eigenvalue weighted by Crippen LogP contribution is 2.43. The number of ether oxygens (including phenoxy) is 1. The molecule has 32 heavy (non-hydrogen) atoms. The monoisotopic (exact) mass is 443 g/mol. The summed E-state index contributed by atoms with van der Waals surface area (Å²) in [6.45, 7) is 2.35. The van der Waals surface area contributed by atoms with E-state index in [-0.39, 0.29) is 16.9 Å². The van der Waals surface area contributed by atoms with Gasteiger partial charge in [0.25, 0.3) is 10.0 Å². The maximum atomic E-state index is 13.8. The molecule has 3 aromatic carbocycles. The second-order valence-electron chi connectivity index (χ2n) is 8.26. The number of fused-ring (bicyclic) bond motifs is 1. The van der Waals surface area contributed by atoms with Gasteiger partial charge in [-0.05, 0) is 35.8 Å². The Bertz CT molecular complexity index is 1250. The van der Waals surface area contributed by atoms with Crippen LogP contribution in [0.2, 0.25) is 0 Å². The van der Waals surface area contributed by atoms with Crippen molar-refractivity contribution in [2.75, 3.05) is 6.61 Å². The summed E-state index contributed by atoms with van der Waals surface area (Å²) in [5.41, 5.74) is 4.00. The Balaban J connectivity index is 1.61. The Labute approximate surface area is 189 Å². The van der Waals surface area contributed by atoms with Crippen molar-refractivity contribution in [3.63, 3.8) is 0 Å². The average molecular weight is 444 g/mol. The topological polar surface area (TPSA) is 46.6 Å². The van der Waals surface area contributed by atoms with Crippen molar-refractivity contribution in [1.82, 2.24) is 4.31 Å². The number of aryl methyl sites for hydroxylation is 1. The first kappa shape index (κ1) is 20.7. The van der Waals surface area contributed by atoms with E-state index in [4.69, 9.17) is 4.74 Å². The largest absolute Gasteiger partial charge is 0.368 e. The van der Waals surface area contributed by atoms with E-state index in [9.17, 15) is 8.42 Å². The van der Waals surface area contributed by atoms with Crippen molar-refractivity contribution in [3.05, 3.63) is 126 Å². The molecule has 1 saturated heterocycles. The first-order valence-electron chi connectivity index (χ1n) is 10.7. The van der Waals surface area contributed by atoms with Crippen LogP contribution in [0.3, 0.4) is 0 Å². The maximum Gasteiger partial charge on any atom is 0.264 e. The van der Waals surface area contributed by atoms with Crippen molar-refractivity contribution in [3.8, 4) is 0 Å². The standard InChI is InChI=1S/C27H25NO3S/c1-20-12-14-24(15-13-20)32(29,30)28-18-23-19-31-27(22-10-6-3-7-11-22)25(23)16-17-26(28)21-8-4-2-5-9-21/h2-18,25-27H,19H2,1H3/t25-,26-,27+/m1/s1. The third-order valence-corrected chi connectivity index (χ3v) is 7.87. The SMILES string of the molecule is Cc1ccc(S(=O)(=O)N2C=C3CO[C@@H](c4ccccc4)[C@@H]3C=C[C@@H]2c2ccccc2)cc1. The molecule has 2 aliphatic heterocycles. The van der Waals surface area contributed by atoms with Gasteiger partial charge in [0.15, 0.2) is 0 Å². The van der Waals surface area contributed by atoms with Crippen LogP contribution in [-0.2, 0) is 14.8 Å². The number of rotatable bonds is 4. The van der Waals surface area contributed by atoms with Crippen LogP contribution in [0, 0.1) is 12.8 Å². The van der Waals surface area contributed by atoms with Crippen molar-refractivity contribution in [2.45, 2.75) is 24.0 Å². The summed E-state index contributed by atoms with van der Waals surface area (Å²) in [6.07, 6.45) is 5.77. The molecule has 1 fully saturated rings. The Morgan fingerprint density at radius 3 is 2.09 bits per heavy atom. The fourth-order valence-corrected chi connectivity index (χ4v) is 5.88. The summed E-state index contributed by atoms with van der Waals surface area (Å²) in [6, 6.07) is 26.4. The lowest BCUT2D eigenvalue weighted by Crippen LogP contribution is -2.29. The Morgan fingerprint density at radius 1 is 0.812 bits per heavy atom. The molecule has 2 aliphatic rings. The minimum Gasteiger partial charge on any atom is -0.368 e. The number of nitrogens with zero attached hydrogens (tertiary/aromatic N) is 1. The highest BCUT2D eigenvalue weighted by atomic mass is 32.2. The van der Waals surface area contributed by atoms with Crippen LogP contribution in [0.1, 0.15) is 28.8 Å². The molecule has 5 rings (SSSR count). The minimum absolute atomic E-state index is 0.0122. The molecule has 0 radical (unpaired) electrons. The summed E-state index contributed by atoms with van der Waals surface area (Å²) in [5, 5.41) is 0. The molecule has 0 N–H and O–H groups in total. The fraction of sp³-hybridized carbons (Fsp3) is 0.185. The van der Waals surface area contributed by atoms with Crippen LogP contribution in [0.25, 0.3) is 0 Å². The van der Waals surface area contributed by atoms with Gasteiger partial charge in [-0.1, -0.05) is 90.5 Å². The van der Waals surface area contributed by atoms with E-state index in [2.05, 4.69) is 18.2 Å². The summed E-state index contributed by atoms with van der Waals surface area (Å²) in [5.74, 6) is -0.0122. The normalized spacial score (nSPS) is 22.8. The number of sulfonamides is 1. The molecule has 0 bridgehead atoms. The first-order chi connectivity index (χ1) is 15.5. The molecular weight excluding hydrogens is 418 g/mol. The average Bonchev–Trinajstić information content (AvgIpc) is 3.12. The zero-order valence-electron chi connectivity index (χ0n) is 17.8. The van der Waals surface area contributed by atoms with E-state index in [1.54, 1.807) is 18.3 Å². The van der Waals surface area contributed by atoms with Gasteiger partial charge in [-0.15, -0.1) is 0 Å². The Kier molecular flexibility index (Phi) is 5.45. The van der Waals surface area contributed by atoms with Gasteiger partial charge in [-0.25, -0.2) is 8.42 Å². The Hall–Kier alpha value is -3.15. The van der Waals surface area contributed by atoms with Gasteiger partial charge in [0.05, 0.1) is 23.6 Å². The minimum atomic E-state index is -3.77. The van der Waals surface area contributed by atoms with Gasteiger partial charge >= 0.3 is 0 Å². The van der Waals surface area contributed by atoms with Gasteiger partial charge in [0, 0.05) is 12.1 Å². The van der Waals surface area contributed by atoms with Crippen LogP contribution in [0.4, 0.5) is 0 Å². The van der Waals surface area contributed by atoms with Crippen molar-refractivity contribution < 1.29 is 13.2 Å². The molecule has 0 spiro atoms. The third-order valence-electron chi connectivity index (χ3n) is 6.12. The lowest BCUT2D eigenvalue weighted by atomic mass is 9.91. The van der Waals surface area contributed by atoms with Gasteiger partial charge in [0.2, 0.25) is 0 Å². The number of hydrogen-bond donors (Lipinski definition) is 0. The van der Waals surface area contributed by atoms with E-state index in [0.717, 1.165) is 22.3 Å². The van der Waals surface area contributed by atoms with Gasteiger partial charge < -0.3 is 4.74 Å². The molecule has 0 aromatic heterocycles. The van der Waals surface area contributed by atoms with E-state index >= 15 is 0 Å². The molecule has 0 saturated carbocycles. The first-order valence-corrected chi connectivity index (χ1v) is 12.2. The molecule has 0 aliphatic carbocycles. The number of benzene rings is 3. The summed E-state index contributed by atoms with van der Waals surface area (Å²) >= 11 is 0. The fourth-order valence-electron chi connectivity index (χ4n) is 4.39. The summed E-state index contributed by atoms with van der Waals surface area (Å²) in [4.78, 5) is 0.284. The molecule has 162 valence electrons. The third kappa shape index (κ3) is 3.78. The van der Waals surface area contributed by atoms with E-state index in [1.807, 2.05) is 73.7 Å². The lowest BCUT2D eigenvalue weighted by molar-refractivity contribution is 0.100. The highest BCUT2D eigenvalue weighted by Gasteiger charge is 2.38. The van der Waals surface area contributed by atoms with Crippen molar-refractivity contribution in [2.24, 2.45) is 5.92 Å². The molecule has 4 nitrogen and oxygen atoms in total. The van der Waals surface area contributed by atoms with Crippen LogP contribution in [0.15, 0.2) is 114 Å². The smallest absolute Gasteiger partial charge is 0.264 e. The summed E-state index contributed by atoms with van der Waals surface area (Å²) in [7, 11) is -3.77. The molecule has 0 unspecified atom stereocenters. The van der Waals surface area contributed by atoms with Crippen LogP contribution in [0.5, 0.6) is 0 Å². The molecular formula is C27H25NO3S. The van der Waals surface area contributed by atoms with E-state index in [1.165, 1.54) is 4.31 Å². The zero-order valence-corrected chi connectivity index (χ0v) is 18.7. The lowest BCUT2D eigenvalue weighted by Gasteiger charge is -2.28. The number of hydrogen-bond acceptors (Lipinski definition) is 3. The zero-order chi connectivity index (χ0) is 22.1. The Morgan fingerprint density at radius 2 is 1.44 bits per heavy atom. The maximum absolute atomic E-state index is 13.8. The summed E-state index contributed by atoms with van der Waals surface area (Å²) < 4.78 is 35.2. The quantitative estimate of drug-likeness (QED) is 0.496. The predicted molar refractivity (Wildman–Crippen MR) is 125 cm³/mol. The molecule has 0 amide bonds. The van der Waals surface area contributed by atoms with Crippen LogP contribution in [-0.4, -0.2) is 19.3 Å². The second-order valence-corrected chi connectivity index (χ2v) is 10.1. The van der Waals surface area contributed by atoms with Crippen LogP contribution < -0.4 is 0 Å².